The van der Waals surface area contributed by atoms with Crippen molar-refractivity contribution in [1.29, 1.82) is 5.41 Å². The van der Waals surface area contributed by atoms with Crippen LogP contribution in [0.25, 0.3) is 0 Å². The summed E-state index contributed by atoms with van der Waals surface area (Å²) in [5.41, 5.74) is 6.02. The van der Waals surface area contributed by atoms with Gasteiger partial charge in [0.25, 0.3) is 0 Å². The van der Waals surface area contributed by atoms with Crippen LogP contribution in [0.3, 0.4) is 0 Å². The highest BCUT2D eigenvalue weighted by Crippen LogP contribution is 2.37. The number of amidine groups is 2. The number of ketones is 1. The molecule has 3 N–H and O–H groups in total. The van der Waals surface area contributed by atoms with Gasteiger partial charge in [-0.1, -0.05) is 53.9 Å². The molecule has 3 fully saturated rings. The Morgan fingerprint density at radius 2 is 1.68 bits per heavy atom. The number of aliphatic imine (C=N–C) groups is 1. The first-order valence-corrected chi connectivity index (χ1v) is 14.9. The molecule has 0 bridgehead atoms. The first-order valence-electron chi connectivity index (χ1n) is 9.54. The van der Waals surface area contributed by atoms with Crippen molar-refractivity contribution in [1.82, 2.24) is 4.90 Å². The highest BCUT2D eigenvalue weighted by molar-refractivity contribution is 8.15. The number of carbonyl (C=O) groups excluding carboxylic acids is 1. The van der Waals surface area contributed by atoms with E-state index in [1.54, 1.807) is 29.2 Å². The topological polar surface area (TPSA) is 151 Å². The molecule has 31 heavy (non-hydrogen) atoms. The number of benzene rings is 1. The van der Waals surface area contributed by atoms with Gasteiger partial charge >= 0.3 is 0 Å². The van der Waals surface area contributed by atoms with Gasteiger partial charge in [-0.05, 0) is 0 Å². The molecule has 168 valence electrons. The van der Waals surface area contributed by atoms with Crippen LogP contribution in [0.15, 0.2) is 35.3 Å². The summed E-state index contributed by atoms with van der Waals surface area (Å²) in [4.78, 5) is 17.9. The van der Waals surface area contributed by atoms with E-state index in [0.29, 0.717) is 15.9 Å². The minimum absolute atomic E-state index is 0.0507. The van der Waals surface area contributed by atoms with Gasteiger partial charge in [-0.2, -0.15) is 0 Å². The van der Waals surface area contributed by atoms with Crippen molar-refractivity contribution in [2.45, 2.75) is 22.6 Å². The van der Waals surface area contributed by atoms with Crippen LogP contribution in [0.2, 0.25) is 0 Å². The first kappa shape index (κ1) is 22.6. The molecule has 2 unspecified atom stereocenters. The average Bonchev–Trinajstić information content (AvgIpc) is 3.33. The van der Waals surface area contributed by atoms with Gasteiger partial charge in [0, 0.05) is 16.1 Å². The second kappa shape index (κ2) is 8.41. The Morgan fingerprint density at radius 1 is 1.03 bits per heavy atom. The lowest BCUT2D eigenvalue weighted by atomic mass is 10.1. The second-order valence-electron chi connectivity index (χ2n) is 7.79. The van der Waals surface area contributed by atoms with Crippen molar-refractivity contribution in [3.8, 4) is 0 Å². The summed E-state index contributed by atoms with van der Waals surface area (Å²) in [7, 11) is -5.85. The zero-order valence-electron chi connectivity index (χ0n) is 16.4. The number of Topliss-reactive ketones (excluding diaryl/α,β-unsaturated/α-hetero) is 1. The highest BCUT2D eigenvalue weighted by Gasteiger charge is 2.48. The summed E-state index contributed by atoms with van der Waals surface area (Å²) in [5.74, 6) is 0.509. The Balaban J connectivity index is 0.000000177. The Morgan fingerprint density at radius 3 is 2.35 bits per heavy atom. The lowest BCUT2D eigenvalue weighted by Gasteiger charge is -2.22. The van der Waals surface area contributed by atoms with Crippen molar-refractivity contribution in [2.75, 3.05) is 29.6 Å². The van der Waals surface area contributed by atoms with Gasteiger partial charge in [0.05, 0.1) is 41.6 Å². The molecule has 4 atom stereocenters. The van der Waals surface area contributed by atoms with Gasteiger partial charge in [0.15, 0.2) is 35.8 Å². The first-order chi connectivity index (χ1) is 14.5. The third-order valence-corrected chi connectivity index (χ3v) is 11.7. The molecule has 4 aliphatic heterocycles. The molecule has 0 aliphatic carbocycles. The summed E-state index contributed by atoms with van der Waals surface area (Å²) in [6, 6.07) is 8.59. The van der Waals surface area contributed by atoms with E-state index in [2.05, 4.69) is 4.99 Å². The van der Waals surface area contributed by atoms with Crippen LogP contribution in [0.1, 0.15) is 10.4 Å². The number of fused-ring (bicyclic) bond motifs is 2. The van der Waals surface area contributed by atoms with Crippen molar-refractivity contribution in [3.05, 3.63) is 35.9 Å². The summed E-state index contributed by atoms with van der Waals surface area (Å²) >= 11 is 2.65. The number of hydrogen-bond donors (Lipinski definition) is 2. The smallest absolute Gasteiger partial charge is 0.182 e. The van der Waals surface area contributed by atoms with Crippen molar-refractivity contribution in [3.63, 3.8) is 0 Å². The van der Waals surface area contributed by atoms with Gasteiger partial charge in [0.1, 0.15) is 0 Å². The number of carbonyl (C=O) groups is 1. The number of sulfone groups is 2. The van der Waals surface area contributed by atoms with Gasteiger partial charge in [0.2, 0.25) is 0 Å². The van der Waals surface area contributed by atoms with Crippen molar-refractivity contribution >= 4 is 59.3 Å². The van der Waals surface area contributed by atoms with Gasteiger partial charge in [-0.15, -0.1) is 0 Å². The average molecular weight is 503 g/mol. The van der Waals surface area contributed by atoms with E-state index in [0.717, 1.165) is 0 Å². The van der Waals surface area contributed by atoms with Crippen LogP contribution in [-0.4, -0.2) is 90.0 Å². The summed E-state index contributed by atoms with van der Waals surface area (Å²) in [6.45, 7) is 0.0759. The maximum atomic E-state index is 12.2. The predicted octanol–water partition coefficient (Wildman–Crippen LogP) is 0.232. The van der Waals surface area contributed by atoms with E-state index >= 15 is 0 Å². The van der Waals surface area contributed by atoms with E-state index in [9.17, 15) is 21.6 Å². The molecule has 3 saturated heterocycles. The van der Waals surface area contributed by atoms with Crippen LogP contribution >= 0.6 is 23.5 Å². The molecule has 1 aromatic carbocycles. The summed E-state index contributed by atoms with van der Waals surface area (Å²) < 4.78 is 45.4. The molecule has 1 aromatic rings. The number of nitrogens with zero attached hydrogens (tertiary/aromatic N) is 2. The lowest BCUT2D eigenvalue weighted by molar-refractivity contribution is 0.0955. The quantitative estimate of drug-likeness (QED) is 0.554. The molecule has 9 nitrogen and oxygen atoms in total. The van der Waals surface area contributed by atoms with E-state index in [1.165, 1.54) is 23.5 Å². The number of hydrogen-bond acceptors (Lipinski definition) is 10. The number of rotatable bonds is 3. The van der Waals surface area contributed by atoms with Gasteiger partial charge in [-0.3, -0.25) is 15.2 Å². The molecule has 0 aromatic heterocycles. The monoisotopic (exact) mass is 502 g/mol. The molecule has 5 rings (SSSR count). The normalized spacial score (nSPS) is 32.1. The molecule has 4 heterocycles. The zero-order valence-corrected chi connectivity index (χ0v) is 19.6. The van der Waals surface area contributed by atoms with Gasteiger partial charge < -0.3 is 10.6 Å². The fraction of sp³-hybridized carbons (Fsp3) is 0.500. The highest BCUT2D eigenvalue weighted by atomic mass is 32.2. The summed E-state index contributed by atoms with van der Waals surface area (Å²) in [5, 5.41) is 8.77. The van der Waals surface area contributed by atoms with E-state index < -0.39 is 19.7 Å². The predicted molar refractivity (Wildman–Crippen MR) is 124 cm³/mol. The fourth-order valence-electron chi connectivity index (χ4n) is 4.00. The Kier molecular flexibility index (Phi) is 6.14. The van der Waals surface area contributed by atoms with Crippen LogP contribution in [0.4, 0.5) is 0 Å². The Bertz CT molecular complexity index is 1140. The van der Waals surface area contributed by atoms with E-state index in [1.807, 2.05) is 6.07 Å². The van der Waals surface area contributed by atoms with Crippen LogP contribution < -0.4 is 5.73 Å². The maximum absolute atomic E-state index is 12.2. The molecular formula is C18H22N4O5S4. The van der Waals surface area contributed by atoms with E-state index in [-0.39, 0.29) is 57.9 Å². The van der Waals surface area contributed by atoms with Crippen LogP contribution in [0.5, 0.6) is 0 Å². The molecular weight excluding hydrogens is 480 g/mol. The van der Waals surface area contributed by atoms with Crippen LogP contribution in [-0.2, 0) is 19.7 Å². The minimum Gasteiger partial charge on any atom is -0.379 e. The molecule has 0 radical (unpaired) electrons. The molecule has 0 spiro atoms. The maximum Gasteiger partial charge on any atom is 0.182 e. The standard InChI is InChI=1S/C13H14N2O3S2.C5H8N2O2S2/c14-13-15(6-11(16)9-4-2-1-3-5-9)10-7-20(17,18)8-12(10)19-13;6-5-7-3-1-11(8,9)2-4(3)10-5/h1-5,10,12,14H,6-8H2;3-4H,1-2H2,(H2,6,7)/t10-,12+;/m0./s1. The van der Waals surface area contributed by atoms with Gasteiger partial charge in [-0.25, -0.2) is 16.8 Å². The number of nitrogens with two attached hydrogens (primary N) is 1. The largest absolute Gasteiger partial charge is 0.379 e. The van der Waals surface area contributed by atoms with Crippen molar-refractivity contribution < 1.29 is 21.6 Å². The van der Waals surface area contributed by atoms with E-state index in [4.69, 9.17) is 11.1 Å². The molecule has 0 amide bonds. The fourth-order valence-corrected chi connectivity index (χ4v) is 11.4. The lowest BCUT2D eigenvalue weighted by Crippen LogP contribution is -2.40. The minimum atomic E-state index is -3.03. The summed E-state index contributed by atoms with van der Waals surface area (Å²) in [6.07, 6.45) is 0. The molecule has 13 heteroatoms. The molecule has 0 saturated carbocycles. The third-order valence-electron chi connectivity index (χ3n) is 5.44. The number of nitrogens with one attached hydrogen (secondary N) is 1. The number of thioether (sulfide) groups is 2. The molecule has 4 aliphatic rings. The zero-order chi connectivity index (χ0) is 22.4. The second-order valence-corrected chi connectivity index (χ2v) is 14.6. The van der Waals surface area contributed by atoms with Crippen molar-refractivity contribution in [2.24, 2.45) is 10.7 Å². The Labute approximate surface area is 189 Å². The third kappa shape index (κ3) is 5.10. The SMILES string of the molecule is N=C1S[C@@H]2CS(=O)(=O)C[C@@H]2N1CC(=O)c1ccccc1.NC1=NC2CS(=O)(=O)CC2S1. The van der Waals surface area contributed by atoms with Crippen LogP contribution in [0, 0.1) is 5.41 Å². The Hall–Kier alpha value is -1.57.